The molecule has 2 aromatic heterocycles. The maximum Gasteiger partial charge on any atom is 0.280 e. The van der Waals surface area contributed by atoms with E-state index in [2.05, 4.69) is 20.3 Å². The van der Waals surface area contributed by atoms with E-state index >= 15 is 0 Å². The molecular weight excluding hydrogens is 542 g/mol. The molecule has 12 heteroatoms. The van der Waals surface area contributed by atoms with E-state index in [0.29, 0.717) is 11.1 Å². The minimum Gasteiger partial charge on any atom is -0.394 e. The molecule has 0 saturated carbocycles. The molecule has 0 spiro atoms. The minimum atomic E-state index is -1.51. The van der Waals surface area contributed by atoms with Crippen LogP contribution in [0.5, 0.6) is 0 Å². The van der Waals surface area contributed by atoms with Gasteiger partial charge in [0.05, 0.1) is 25.1 Å². The van der Waals surface area contributed by atoms with Crippen LogP contribution in [0.25, 0.3) is 43.5 Å². The van der Waals surface area contributed by atoms with Gasteiger partial charge in [-0.3, -0.25) is 14.3 Å². The van der Waals surface area contributed by atoms with Gasteiger partial charge in [-0.15, -0.1) is 0 Å². The van der Waals surface area contributed by atoms with E-state index < -0.39 is 48.3 Å². The van der Waals surface area contributed by atoms with Crippen molar-refractivity contribution in [1.29, 1.82) is 0 Å². The van der Waals surface area contributed by atoms with Crippen LogP contribution in [0.3, 0.4) is 0 Å². The van der Waals surface area contributed by atoms with E-state index in [0.717, 1.165) is 32.3 Å². The van der Waals surface area contributed by atoms with Crippen molar-refractivity contribution in [2.45, 2.75) is 49.2 Å². The van der Waals surface area contributed by atoms with E-state index in [9.17, 15) is 30.3 Å². The number of benzene rings is 4. The van der Waals surface area contributed by atoms with Crippen molar-refractivity contribution in [2.75, 3.05) is 11.9 Å². The van der Waals surface area contributed by atoms with Gasteiger partial charge in [0.25, 0.3) is 5.56 Å². The maximum absolute atomic E-state index is 13.0. The van der Waals surface area contributed by atoms with Gasteiger partial charge in [-0.1, -0.05) is 42.5 Å². The number of aromatic nitrogens is 4. The van der Waals surface area contributed by atoms with Crippen molar-refractivity contribution in [3.8, 4) is 0 Å². The van der Waals surface area contributed by atoms with Crippen molar-refractivity contribution in [2.24, 2.45) is 0 Å². The Morgan fingerprint density at radius 3 is 2.52 bits per heavy atom. The first-order chi connectivity index (χ1) is 20.3. The lowest BCUT2D eigenvalue weighted by molar-refractivity contribution is -0.0767. The quantitative estimate of drug-likeness (QED) is 0.154. The van der Waals surface area contributed by atoms with Gasteiger partial charge in [0.1, 0.15) is 30.6 Å². The number of aliphatic hydroxyl groups excluding tert-OH is 5. The second-order valence-electron chi connectivity index (χ2n) is 11.1. The number of aliphatic hydroxyl groups is 5. The number of ether oxygens (including phenoxy) is 1. The van der Waals surface area contributed by atoms with Crippen molar-refractivity contribution in [3.05, 3.63) is 76.3 Å². The fraction of sp³-hybridized carbons (Fsp3) is 0.300. The monoisotopic (exact) mass is 569 g/mol. The van der Waals surface area contributed by atoms with Crippen LogP contribution in [-0.4, -0.2) is 76.1 Å². The number of nitrogens with zero attached hydrogens (tertiary/aromatic N) is 3. The molecule has 7 unspecified atom stereocenters. The molecular formula is C30H27N5O7. The summed E-state index contributed by atoms with van der Waals surface area (Å²) in [6, 6.07) is 14.9. The molecule has 1 aliphatic heterocycles. The van der Waals surface area contributed by atoms with Crippen LogP contribution in [0.2, 0.25) is 0 Å². The molecule has 7 N–H and O–H groups in total. The van der Waals surface area contributed by atoms with Crippen LogP contribution in [0.15, 0.2) is 59.7 Å². The van der Waals surface area contributed by atoms with Gasteiger partial charge < -0.3 is 35.6 Å². The van der Waals surface area contributed by atoms with Gasteiger partial charge in [-0.05, 0) is 49.5 Å². The predicted molar refractivity (Wildman–Crippen MR) is 153 cm³/mol. The number of hydrogen-bond acceptors (Lipinski definition) is 10. The Balaban J connectivity index is 1.29. The summed E-state index contributed by atoms with van der Waals surface area (Å²) >= 11 is 0. The van der Waals surface area contributed by atoms with Gasteiger partial charge in [0.15, 0.2) is 11.2 Å². The number of H-pyrrole nitrogens is 1. The molecule has 7 atom stereocenters. The van der Waals surface area contributed by atoms with Gasteiger partial charge in [0.2, 0.25) is 5.95 Å². The van der Waals surface area contributed by atoms with E-state index in [1.807, 2.05) is 48.5 Å². The standard InChI is InChI=1S/C30H27N5O7/c36-10-18-17(37)9-19(42-18)35-11-31-24-28(35)33-30(34-29(24)41)32-23-22-15-7-6-13-3-1-2-12-4-5-14(21(15)20(12)13)8-16(22)25(38)27(40)26(23)39/h1-8,11,17-19,23,25-27,36-40H,9-10H2,(H2,32,33,34,41). The smallest absolute Gasteiger partial charge is 0.280 e. The molecule has 12 nitrogen and oxygen atoms in total. The summed E-state index contributed by atoms with van der Waals surface area (Å²) in [5.41, 5.74) is 0.746. The molecule has 42 heavy (non-hydrogen) atoms. The van der Waals surface area contributed by atoms with E-state index in [4.69, 9.17) is 4.74 Å². The van der Waals surface area contributed by atoms with Gasteiger partial charge in [-0.25, -0.2) is 4.98 Å². The SMILES string of the molecule is O=c1[nH]c(NC2c3c(cc4ccc5cccc6ccc3c4c56)C(O)C(O)C2O)nc2c1ncn2C1CC(O)C(CO)O1. The van der Waals surface area contributed by atoms with E-state index in [1.165, 1.54) is 10.9 Å². The zero-order valence-corrected chi connectivity index (χ0v) is 22.0. The second-order valence-corrected chi connectivity index (χ2v) is 11.1. The lowest BCUT2D eigenvalue weighted by Crippen LogP contribution is -2.44. The molecule has 1 saturated heterocycles. The van der Waals surface area contributed by atoms with Crippen LogP contribution >= 0.6 is 0 Å². The molecule has 0 amide bonds. The van der Waals surface area contributed by atoms with Crippen molar-refractivity contribution in [3.63, 3.8) is 0 Å². The summed E-state index contributed by atoms with van der Waals surface area (Å²) in [6.07, 6.45) is -5.10. The van der Waals surface area contributed by atoms with Gasteiger partial charge in [-0.2, -0.15) is 4.98 Å². The molecule has 2 aliphatic rings. The Labute approximate surface area is 236 Å². The molecule has 6 aromatic rings. The van der Waals surface area contributed by atoms with E-state index in [-0.39, 0.29) is 30.1 Å². The summed E-state index contributed by atoms with van der Waals surface area (Å²) in [6.45, 7) is -0.361. The van der Waals surface area contributed by atoms with E-state index in [1.54, 1.807) is 0 Å². The summed E-state index contributed by atoms with van der Waals surface area (Å²) in [4.78, 5) is 24.5. The first-order valence-electron chi connectivity index (χ1n) is 13.8. The lowest BCUT2D eigenvalue weighted by Gasteiger charge is -2.38. The highest BCUT2D eigenvalue weighted by atomic mass is 16.5. The second kappa shape index (κ2) is 9.16. The fourth-order valence-corrected chi connectivity index (χ4v) is 6.75. The highest BCUT2D eigenvalue weighted by Crippen LogP contribution is 2.46. The summed E-state index contributed by atoms with van der Waals surface area (Å²) in [5, 5.41) is 61.9. The maximum atomic E-state index is 13.0. The highest BCUT2D eigenvalue weighted by molar-refractivity contribution is 6.24. The Hall–Kier alpha value is -4.17. The normalized spacial score (nSPS) is 27.9. The Morgan fingerprint density at radius 1 is 1.00 bits per heavy atom. The number of anilines is 1. The molecule has 0 bridgehead atoms. The Bertz CT molecular complexity index is 2040. The number of rotatable bonds is 4. The number of hydrogen-bond donors (Lipinski definition) is 7. The van der Waals surface area contributed by atoms with Crippen molar-refractivity contribution >= 4 is 49.4 Å². The Kier molecular flexibility index (Phi) is 5.57. The van der Waals surface area contributed by atoms with Gasteiger partial charge in [0, 0.05) is 6.42 Å². The number of imidazole rings is 1. The zero-order valence-electron chi connectivity index (χ0n) is 22.0. The molecule has 4 aromatic carbocycles. The average Bonchev–Trinajstić information content (AvgIpc) is 3.59. The fourth-order valence-electron chi connectivity index (χ4n) is 6.75. The van der Waals surface area contributed by atoms with Crippen molar-refractivity contribution in [1.82, 2.24) is 19.5 Å². The molecule has 1 aliphatic carbocycles. The van der Waals surface area contributed by atoms with Gasteiger partial charge >= 0.3 is 0 Å². The summed E-state index contributed by atoms with van der Waals surface area (Å²) in [5.74, 6) is 0.00999. The number of nitrogens with one attached hydrogen (secondary N) is 2. The minimum absolute atomic E-state index is 0.00999. The van der Waals surface area contributed by atoms with Crippen LogP contribution in [0.4, 0.5) is 5.95 Å². The predicted octanol–water partition coefficient (Wildman–Crippen LogP) is 1.58. The number of fused-ring (bicyclic) bond motifs is 3. The lowest BCUT2D eigenvalue weighted by atomic mass is 9.77. The molecule has 3 heterocycles. The van der Waals surface area contributed by atoms with Crippen LogP contribution in [0, 0.1) is 0 Å². The highest BCUT2D eigenvalue weighted by Gasteiger charge is 2.42. The van der Waals surface area contributed by atoms with Crippen LogP contribution < -0.4 is 10.9 Å². The summed E-state index contributed by atoms with van der Waals surface area (Å²) in [7, 11) is 0. The first-order valence-corrected chi connectivity index (χ1v) is 13.8. The topological polar surface area (TPSA) is 186 Å². The third kappa shape index (κ3) is 3.54. The number of aromatic amines is 1. The molecule has 8 rings (SSSR count). The van der Waals surface area contributed by atoms with Crippen LogP contribution in [0.1, 0.15) is 35.9 Å². The third-order valence-electron chi connectivity index (χ3n) is 8.78. The van der Waals surface area contributed by atoms with Crippen LogP contribution in [-0.2, 0) is 4.74 Å². The largest absolute Gasteiger partial charge is 0.394 e. The summed E-state index contributed by atoms with van der Waals surface area (Å²) < 4.78 is 7.27. The average molecular weight is 570 g/mol. The van der Waals surface area contributed by atoms with Crippen molar-refractivity contribution < 1.29 is 30.3 Å². The molecule has 0 radical (unpaired) electrons. The molecule has 214 valence electrons. The third-order valence-corrected chi connectivity index (χ3v) is 8.78. The zero-order chi connectivity index (χ0) is 28.9. The Morgan fingerprint density at radius 2 is 1.76 bits per heavy atom. The molecule has 1 fully saturated rings. The first kappa shape index (κ1) is 25.5.